The summed E-state index contributed by atoms with van der Waals surface area (Å²) in [7, 11) is 1.65. The highest BCUT2D eigenvalue weighted by atomic mass is 16.5. The van der Waals surface area contributed by atoms with Gasteiger partial charge in [0.1, 0.15) is 23.9 Å². The fraction of sp³-hybridized carbons (Fsp3) is 0.500. The lowest BCUT2D eigenvalue weighted by atomic mass is 10.3. The van der Waals surface area contributed by atoms with Crippen LogP contribution in [0.5, 0.6) is 11.5 Å². The van der Waals surface area contributed by atoms with Crippen LogP contribution >= 0.6 is 0 Å². The number of benzene rings is 1. The number of hydrogen-bond donors (Lipinski definition) is 1. The predicted octanol–water partition coefficient (Wildman–Crippen LogP) is 2.43. The van der Waals surface area contributed by atoms with E-state index in [1.807, 2.05) is 31.2 Å². The molecule has 1 aliphatic heterocycles. The first-order valence-electron chi connectivity index (χ1n) is 9.51. The van der Waals surface area contributed by atoms with Crippen molar-refractivity contribution >= 4 is 11.8 Å². The lowest BCUT2D eigenvalue weighted by molar-refractivity contribution is 0.270. The molecule has 1 aliphatic rings. The number of piperazine rings is 1. The van der Waals surface area contributed by atoms with Crippen molar-refractivity contribution in [1.82, 2.24) is 14.9 Å². The van der Waals surface area contributed by atoms with E-state index in [0.29, 0.717) is 19.1 Å². The van der Waals surface area contributed by atoms with Crippen LogP contribution in [0.3, 0.4) is 0 Å². The average molecular weight is 371 g/mol. The van der Waals surface area contributed by atoms with Crippen LogP contribution in [0.1, 0.15) is 12.6 Å². The summed E-state index contributed by atoms with van der Waals surface area (Å²) in [6.45, 7) is 10.7. The Labute approximate surface area is 161 Å². The molecule has 146 valence electrons. The number of aryl methyl sites for hydroxylation is 1. The maximum atomic E-state index is 5.74. The summed E-state index contributed by atoms with van der Waals surface area (Å²) in [5.74, 6) is 3.29. The molecule has 0 spiro atoms. The zero-order valence-corrected chi connectivity index (χ0v) is 16.4. The maximum Gasteiger partial charge on any atom is 0.224 e. The second kappa shape index (κ2) is 9.41. The second-order valence-electron chi connectivity index (χ2n) is 6.56. The van der Waals surface area contributed by atoms with Gasteiger partial charge in [-0.2, -0.15) is 4.98 Å². The van der Waals surface area contributed by atoms with Gasteiger partial charge in [0, 0.05) is 37.9 Å². The van der Waals surface area contributed by atoms with Gasteiger partial charge < -0.3 is 24.6 Å². The Balaban J connectivity index is 1.50. The summed E-state index contributed by atoms with van der Waals surface area (Å²) < 4.78 is 10.9. The van der Waals surface area contributed by atoms with Crippen LogP contribution in [0.4, 0.5) is 11.8 Å². The quantitative estimate of drug-likeness (QED) is 0.715. The van der Waals surface area contributed by atoms with Crippen molar-refractivity contribution in [2.45, 2.75) is 13.8 Å². The number of aromatic nitrogens is 2. The SMILES string of the molecule is CCN1CCN(c2cc(C)nc(NCCOc3ccc(OC)cc3)n2)CC1. The number of anilines is 2. The van der Waals surface area contributed by atoms with Crippen LogP contribution in [0.2, 0.25) is 0 Å². The largest absolute Gasteiger partial charge is 0.497 e. The standard InChI is InChI=1S/C20H29N5O2/c1-4-24-10-12-25(13-11-24)19-15-16(2)22-20(23-19)21-9-14-27-18-7-5-17(26-3)6-8-18/h5-8,15H,4,9-14H2,1-3H3,(H,21,22,23). The molecule has 2 heterocycles. The van der Waals surface area contributed by atoms with Gasteiger partial charge in [-0.25, -0.2) is 4.98 Å². The molecule has 0 saturated carbocycles. The van der Waals surface area contributed by atoms with Crippen molar-refractivity contribution in [3.05, 3.63) is 36.0 Å². The molecule has 0 aliphatic carbocycles. The lowest BCUT2D eigenvalue weighted by Gasteiger charge is -2.34. The van der Waals surface area contributed by atoms with E-state index in [2.05, 4.69) is 38.1 Å². The second-order valence-corrected chi connectivity index (χ2v) is 6.56. The van der Waals surface area contributed by atoms with Gasteiger partial charge in [0.25, 0.3) is 0 Å². The van der Waals surface area contributed by atoms with E-state index >= 15 is 0 Å². The van der Waals surface area contributed by atoms with Crippen LogP contribution in [0.25, 0.3) is 0 Å². The molecule has 7 nitrogen and oxygen atoms in total. The van der Waals surface area contributed by atoms with Crippen LogP contribution < -0.4 is 19.7 Å². The minimum absolute atomic E-state index is 0.536. The fourth-order valence-electron chi connectivity index (χ4n) is 3.09. The Kier molecular flexibility index (Phi) is 6.70. The molecule has 3 rings (SSSR count). The summed E-state index contributed by atoms with van der Waals surface area (Å²) in [5, 5.41) is 3.27. The molecule has 0 amide bonds. The highest BCUT2D eigenvalue weighted by Crippen LogP contribution is 2.18. The summed E-state index contributed by atoms with van der Waals surface area (Å²) in [4.78, 5) is 14.0. The van der Waals surface area contributed by atoms with Crippen LogP contribution in [-0.2, 0) is 0 Å². The molecule has 27 heavy (non-hydrogen) atoms. The molecule has 0 unspecified atom stereocenters. The van der Waals surface area contributed by atoms with E-state index in [9.17, 15) is 0 Å². The highest BCUT2D eigenvalue weighted by molar-refractivity contribution is 5.45. The summed E-state index contributed by atoms with van der Waals surface area (Å²) in [6, 6.07) is 9.63. The smallest absolute Gasteiger partial charge is 0.224 e. The van der Waals surface area contributed by atoms with E-state index in [4.69, 9.17) is 9.47 Å². The van der Waals surface area contributed by atoms with E-state index < -0.39 is 0 Å². The molecular formula is C20H29N5O2. The van der Waals surface area contributed by atoms with E-state index in [0.717, 1.165) is 55.7 Å². The molecule has 0 atom stereocenters. The van der Waals surface area contributed by atoms with Gasteiger partial charge in [0.15, 0.2) is 0 Å². The predicted molar refractivity (Wildman–Crippen MR) is 108 cm³/mol. The molecular weight excluding hydrogens is 342 g/mol. The Morgan fingerprint density at radius 3 is 2.41 bits per heavy atom. The van der Waals surface area contributed by atoms with Gasteiger partial charge in [-0.15, -0.1) is 0 Å². The topological polar surface area (TPSA) is 62.8 Å². The molecule has 0 radical (unpaired) electrons. The van der Waals surface area contributed by atoms with Crippen molar-refractivity contribution in [1.29, 1.82) is 0 Å². The van der Waals surface area contributed by atoms with Crippen molar-refractivity contribution < 1.29 is 9.47 Å². The average Bonchev–Trinajstić information content (AvgIpc) is 2.71. The van der Waals surface area contributed by atoms with Gasteiger partial charge in [0.2, 0.25) is 5.95 Å². The van der Waals surface area contributed by atoms with E-state index in [1.165, 1.54) is 0 Å². The number of ether oxygens (including phenoxy) is 2. The minimum atomic E-state index is 0.536. The lowest BCUT2D eigenvalue weighted by Crippen LogP contribution is -2.46. The number of rotatable bonds is 8. The van der Waals surface area contributed by atoms with Crippen molar-refractivity contribution in [3.8, 4) is 11.5 Å². The van der Waals surface area contributed by atoms with Crippen molar-refractivity contribution in [2.75, 3.05) is 63.2 Å². The first-order chi connectivity index (χ1) is 13.2. The molecule has 1 N–H and O–H groups in total. The first-order valence-corrected chi connectivity index (χ1v) is 9.51. The summed E-state index contributed by atoms with van der Waals surface area (Å²) >= 11 is 0. The van der Waals surface area contributed by atoms with E-state index in [-0.39, 0.29) is 0 Å². The molecule has 0 bridgehead atoms. The molecule has 2 aromatic rings. The highest BCUT2D eigenvalue weighted by Gasteiger charge is 2.17. The van der Waals surface area contributed by atoms with Crippen LogP contribution in [-0.4, -0.2) is 67.9 Å². The van der Waals surface area contributed by atoms with E-state index in [1.54, 1.807) is 7.11 Å². The van der Waals surface area contributed by atoms with Crippen LogP contribution in [0.15, 0.2) is 30.3 Å². The monoisotopic (exact) mass is 371 g/mol. The number of nitrogens with zero attached hydrogens (tertiary/aromatic N) is 4. The van der Waals surface area contributed by atoms with Crippen molar-refractivity contribution in [3.63, 3.8) is 0 Å². The third kappa shape index (κ3) is 5.47. The molecule has 1 aromatic heterocycles. The minimum Gasteiger partial charge on any atom is -0.497 e. The maximum absolute atomic E-state index is 5.74. The van der Waals surface area contributed by atoms with Gasteiger partial charge in [-0.3, -0.25) is 0 Å². The van der Waals surface area contributed by atoms with Crippen molar-refractivity contribution in [2.24, 2.45) is 0 Å². The van der Waals surface area contributed by atoms with Gasteiger partial charge in [-0.1, -0.05) is 6.92 Å². The molecule has 1 aromatic carbocycles. The number of hydrogen-bond acceptors (Lipinski definition) is 7. The first kappa shape index (κ1) is 19.2. The normalized spacial score (nSPS) is 14.9. The Morgan fingerprint density at radius 1 is 1.04 bits per heavy atom. The number of likely N-dealkylation sites (N-methyl/N-ethyl adjacent to an activating group) is 1. The number of methoxy groups -OCH3 is 1. The molecule has 1 fully saturated rings. The zero-order valence-electron chi connectivity index (χ0n) is 16.4. The Morgan fingerprint density at radius 2 is 1.74 bits per heavy atom. The van der Waals surface area contributed by atoms with Gasteiger partial charge in [0.05, 0.1) is 13.7 Å². The van der Waals surface area contributed by atoms with Gasteiger partial charge in [-0.05, 0) is 37.7 Å². The fourth-order valence-corrected chi connectivity index (χ4v) is 3.09. The zero-order chi connectivity index (χ0) is 19.1. The van der Waals surface area contributed by atoms with Gasteiger partial charge >= 0.3 is 0 Å². The summed E-state index contributed by atoms with van der Waals surface area (Å²) in [6.07, 6.45) is 0. The third-order valence-corrected chi connectivity index (χ3v) is 4.70. The molecule has 7 heteroatoms. The third-order valence-electron chi connectivity index (χ3n) is 4.70. The summed E-state index contributed by atoms with van der Waals surface area (Å²) in [5.41, 5.74) is 0.969. The Hall–Kier alpha value is -2.54. The molecule has 1 saturated heterocycles. The van der Waals surface area contributed by atoms with Crippen LogP contribution in [0, 0.1) is 6.92 Å². The Bertz CT molecular complexity index is 715. The number of nitrogens with one attached hydrogen (secondary N) is 1.